The van der Waals surface area contributed by atoms with E-state index in [9.17, 15) is 13.2 Å². The van der Waals surface area contributed by atoms with E-state index in [1.165, 1.54) is 12.1 Å². The van der Waals surface area contributed by atoms with Crippen molar-refractivity contribution in [2.75, 3.05) is 6.54 Å². The van der Waals surface area contributed by atoms with Gasteiger partial charge < -0.3 is 10.7 Å². The molecule has 1 aromatic carbocycles. The summed E-state index contributed by atoms with van der Waals surface area (Å²) < 4.78 is 39.4. The first kappa shape index (κ1) is 10.0. The molecule has 0 saturated heterocycles. The monoisotopic (exact) mass is 214 g/mol. The highest BCUT2D eigenvalue weighted by atomic mass is 19.3. The number of halogens is 3. The lowest BCUT2D eigenvalue weighted by Gasteiger charge is -2.12. The van der Waals surface area contributed by atoms with Crippen LogP contribution in [0.25, 0.3) is 10.9 Å². The number of alkyl halides is 2. The maximum Gasteiger partial charge on any atom is 0.287 e. The van der Waals surface area contributed by atoms with E-state index < -0.39 is 18.3 Å². The summed E-state index contributed by atoms with van der Waals surface area (Å²) in [6.45, 7) is -0.767. The zero-order valence-electron chi connectivity index (χ0n) is 7.73. The topological polar surface area (TPSA) is 41.8 Å². The maximum atomic E-state index is 13.3. The maximum absolute atomic E-state index is 13.3. The number of benzene rings is 1. The minimum Gasteiger partial charge on any atom is -0.361 e. The van der Waals surface area contributed by atoms with Crippen LogP contribution >= 0.6 is 0 Å². The molecule has 0 saturated carbocycles. The summed E-state index contributed by atoms with van der Waals surface area (Å²) in [6, 6.07) is 3.64. The summed E-state index contributed by atoms with van der Waals surface area (Å²) in [5.41, 5.74) is 5.13. The van der Waals surface area contributed by atoms with E-state index in [1.54, 1.807) is 0 Å². The molecule has 80 valence electrons. The average molecular weight is 214 g/mol. The third kappa shape index (κ3) is 1.59. The van der Waals surface area contributed by atoms with E-state index in [2.05, 4.69) is 4.98 Å². The molecule has 1 heterocycles. The van der Waals surface area contributed by atoms with Crippen molar-refractivity contribution >= 4 is 10.9 Å². The van der Waals surface area contributed by atoms with Gasteiger partial charge in [0.05, 0.1) is 6.54 Å². The molecule has 0 aliphatic carbocycles. The van der Waals surface area contributed by atoms with Crippen LogP contribution in [0, 0.1) is 5.82 Å². The second-order valence-electron chi connectivity index (χ2n) is 3.30. The van der Waals surface area contributed by atoms with Gasteiger partial charge in [-0.3, -0.25) is 0 Å². The molecule has 1 aromatic heterocycles. The standard InChI is InChI=1S/C10H9F3N2/c11-6-1-2-7-8(10(12,13)5-14)4-15-9(7)3-6/h1-4,15H,5,14H2. The summed E-state index contributed by atoms with van der Waals surface area (Å²) in [6.07, 6.45) is 1.16. The third-order valence-corrected chi connectivity index (χ3v) is 2.29. The van der Waals surface area contributed by atoms with E-state index in [4.69, 9.17) is 5.73 Å². The summed E-state index contributed by atoms with van der Waals surface area (Å²) >= 11 is 0. The summed E-state index contributed by atoms with van der Waals surface area (Å²) in [5, 5.41) is 0.298. The molecule has 2 aromatic rings. The predicted molar refractivity (Wildman–Crippen MR) is 51.2 cm³/mol. The highest BCUT2D eigenvalue weighted by molar-refractivity contribution is 5.83. The second-order valence-corrected chi connectivity index (χ2v) is 3.30. The van der Waals surface area contributed by atoms with Crippen molar-refractivity contribution < 1.29 is 13.2 Å². The Morgan fingerprint density at radius 1 is 1.33 bits per heavy atom. The molecule has 0 aliphatic heterocycles. The number of aromatic amines is 1. The molecular formula is C10H9F3N2. The highest BCUT2D eigenvalue weighted by Crippen LogP contribution is 2.32. The van der Waals surface area contributed by atoms with E-state index in [-0.39, 0.29) is 5.56 Å². The molecule has 2 rings (SSSR count). The van der Waals surface area contributed by atoms with Crippen molar-refractivity contribution in [1.82, 2.24) is 4.98 Å². The van der Waals surface area contributed by atoms with Crippen molar-refractivity contribution in [3.8, 4) is 0 Å². The largest absolute Gasteiger partial charge is 0.361 e. The Morgan fingerprint density at radius 2 is 2.07 bits per heavy atom. The molecule has 5 heteroatoms. The molecule has 0 aliphatic rings. The van der Waals surface area contributed by atoms with Crippen molar-refractivity contribution in [2.45, 2.75) is 5.92 Å². The van der Waals surface area contributed by atoms with Crippen LogP contribution in [0.4, 0.5) is 13.2 Å². The Balaban J connectivity index is 2.64. The number of nitrogens with one attached hydrogen (secondary N) is 1. The van der Waals surface area contributed by atoms with Gasteiger partial charge in [0.25, 0.3) is 5.92 Å². The van der Waals surface area contributed by atoms with Crippen LogP contribution in [0.2, 0.25) is 0 Å². The number of nitrogens with two attached hydrogens (primary N) is 1. The molecule has 0 spiro atoms. The van der Waals surface area contributed by atoms with E-state index in [1.807, 2.05) is 0 Å². The average Bonchev–Trinajstić information content (AvgIpc) is 2.61. The van der Waals surface area contributed by atoms with Gasteiger partial charge in [-0.05, 0) is 18.2 Å². The smallest absolute Gasteiger partial charge is 0.287 e. The first-order chi connectivity index (χ1) is 7.04. The Kier molecular flexibility index (Phi) is 2.19. The Morgan fingerprint density at radius 3 is 2.73 bits per heavy atom. The minimum atomic E-state index is -3.09. The van der Waals surface area contributed by atoms with Crippen LogP contribution in [0.5, 0.6) is 0 Å². The van der Waals surface area contributed by atoms with Crippen molar-refractivity contribution in [1.29, 1.82) is 0 Å². The lowest BCUT2D eigenvalue weighted by Crippen LogP contribution is -2.24. The molecule has 0 bridgehead atoms. The molecule has 15 heavy (non-hydrogen) atoms. The summed E-state index contributed by atoms with van der Waals surface area (Å²) in [5.74, 6) is -3.55. The van der Waals surface area contributed by atoms with Gasteiger partial charge in [-0.15, -0.1) is 0 Å². The van der Waals surface area contributed by atoms with Gasteiger partial charge in [0, 0.05) is 22.7 Å². The summed E-state index contributed by atoms with van der Waals surface area (Å²) in [7, 11) is 0. The zero-order chi connectivity index (χ0) is 11.1. The number of fused-ring (bicyclic) bond motifs is 1. The molecule has 0 amide bonds. The van der Waals surface area contributed by atoms with Crippen LogP contribution in [0.3, 0.4) is 0 Å². The lowest BCUT2D eigenvalue weighted by molar-refractivity contribution is 0.00754. The third-order valence-electron chi connectivity index (χ3n) is 2.29. The Bertz CT molecular complexity index is 490. The lowest BCUT2D eigenvalue weighted by atomic mass is 10.1. The number of H-pyrrole nitrogens is 1. The molecule has 0 radical (unpaired) electrons. The number of hydrogen-bond donors (Lipinski definition) is 2. The number of rotatable bonds is 2. The molecule has 0 fully saturated rings. The highest BCUT2D eigenvalue weighted by Gasteiger charge is 2.32. The van der Waals surface area contributed by atoms with E-state index >= 15 is 0 Å². The minimum absolute atomic E-state index is 0.194. The second kappa shape index (κ2) is 3.27. The summed E-state index contributed by atoms with van der Waals surface area (Å²) in [4.78, 5) is 2.59. The first-order valence-electron chi connectivity index (χ1n) is 4.39. The van der Waals surface area contributed by atoms with E-state index in [0.29, 0.717) is 10.9 Å². The van der Waals surface area contributed by atoms with Gasteiger partial charge in [-0.2, -0.15) is 8.78 Å². The number of aromatic nitrogens is 1. The van der Waals surface area contributed by atoms with Crippen molar-refractivity contribution in [2.24, 2.45) is 5.73 Å². The van der Waals surface area contributed by atoms with Gasteiger partial charge in [0.2, 0.25) is 0 Å². The van der Waals surface area contributed by atoms with Crippen LogP contribution < -0.4 is 5.73 Å². The van der Waals surface area contributed by atoms with Crippen LogP contribution in [-0.2, 0) is 5.92 Å². The molecule has 3 N–H and O–H groups in total. The normalized spacial score (nSPS) is 12.3. The van der Waals surface area contributed by atoms with Crippen LogP contribution in [0.15, 0.2) is 24.4 Å². The Labute approximate surface area is 83.9 Å². The van der Waals surface area contributed by atoms with Gasteiger partial charge in [-0.25, -0.2) is 4.39 Å². The molecule has 0 unspecified atom stereocenters. The zero-order valence-corrected chi connectivity index (χ0v) is 7.73. The Hall–Kier alpha value is -1.49. The molecule has 2 nitrogen and oxygen atoms in total. The van der Waals surface area contributed by atoms with Crippen LogP contribution in [0.1, 0.15) is 5.56 Å². The molecule has 0 atom stereocenters. The predicted octanol–water partition coefficient (Wildman–Crippen LogP) is 2.36. The van der Waals surface area contributed by atoms with E-state index in [0.717, 1.165) is 12.3 Å². The van der Waals surface area contributed by atoms with Gasteiger partial charge in [-0.1, -0.05) is 0 Å². The fourth-order valence-electron chi connectivity index (χ4n) is 1.51. The first-order valence-corrected chi connectivity index (χ1v) is 4.39. The van der Waals surface area contributed by atoms with Crippen LogP contribution in [-0.4, -0.2) is 11.5 Å². The number of hydrogen-bond acceptors (Lipinski definition) is 1. The van der Waals surface area contributed by atoms with Gasteiger partial charge in [0.1, 0.15) is 5.82 Å². The van der Waals surface area contributed by atoms with Crippen molar-refractivity contribution in [3.05, 3.63) is 35.8 Å². The fraction of sp³-hybridized carbons (Fsp3) is 0.200. The molecular weight excluding hydrogens is 205 g/mol. The fourth-order valence-corrected chi connectivity index (χ4v) is 1.51. The SMILES string of the molecule is NCC(F)(F)c1c[nH]c2cc(F)ccc12. The quantitative estimate of drug-likeness (QED) is 0.791. The van der Waals surface area contributed by atoms with Gasteiger partial charge in [0.15, 0.2) is 0 Å². The van der Waals surface area contributed by atoms with Crippen molar-refractivity contribution in [3.63, 3.8) is 0 Å². The van der Waals surface area contributed by atoms with Gasteiger partial charge >= 0.3 is 0 Å².